The van der Waals surface area contributed by atoms with Gasteiger partial charge >= 0.3 is 0 Å². The van der Waals surface area contributed by atoms with Gasteiger partial charge in [0.05, 0.1) is 7.11 Å². The highest BCUT2D eigenvalue weighted by Crippen LogP contribution is 2.24. The van der Waals surface area contributed by atoms with E-state index in [2.05, 4.69) is 19.1 Å². The van der Waals surface area contributed by atoms with Crippen LogP contribution in [0.15, 0.2) is 24.3 Å². The maximum Gasteiger partial charge on any atom is 0.245 e. The number of hydrogen-bond donors (Lipinski definition) is 0. The zero-order valence-corrected chi connectivity index (χ0v) is 17.4. The molecule has 5 heteroatoms. The summed E-state index contributed by atoms with van der Waals surface area (Å²) in [6.07, 6.45) is 7.27. The van der Waals surface area contributed by atoms with Crippen LogP contribution in [-0.2, 0) is 16.0 Å². The number of amides is 2. The number of unbranched alkanes of at least 4 members (excludes halogenated alkanes) is 1. The highest BCUT2D eigenvalue weighted by atomic mass is 16.5. The fourth-order valence-electron chi connectivity index (χ4n) is 4.30. The first-order valence-corrected chi connectivity index (χ1v) is 10.8. The third kappa shape index (κ3) is 5.27. The van der Waals surface area contributed by atoms with Crippen LogP contribution in [0.4, 0.5) is 0 Å². The van der Waals surface area contributed by atoms with Crippen LogP contribution < -0.4 is 4.74 Å². The smallest absolute Gasteiger partial charge is 0.245 e. The Kier molecular flexibility index (Phi) is 7.35. The number of carbonyl (C=O) groups excluding carboxylic acids is 2. The number of rotatable bonds is 7. The molecule has 0 aliphatic carbocycles. The molecule has 2 fully saturated rings. The van der Waals surface area contributed by atoms with Crippen molar-refractivity contribution in [2.75, 3.05) is 26.7 Å². The molecule has 2 aliphatic rings. The SMILES string of the molecule is COc1ccc(CCCCC(=O)N2CCC[C@H]2C(=O)N2CCC(C)CC2)cc1. The number of hydrogen-bond acceptors (Lipinski definition) is 3. The molecule has 2 heterocycles. The number of methoxy groups -OCH3 is 1. The molecule has 2 saturated heterocycles. The summed E-state index contributed by atoms with van der Waals surface area (Å²) in [5, 5.41) is 0. The number of carbonyl (C=O) groups is 2. The summed E-state index contributed by atoms with van der Waals surface area (Å²) in [4.78, 5) is 29.5. The van der Waals surface area contributed by atoms with E-state index in [4.69, 9.17) is 4.74 Å². The van der Waals surface area contributed by atoms with Crippen molar-refractivity contribution in [3.63, 3.8) is 0 Å². The molecule has 28 heavy (non-hydrogen) atoms. The molecule has 0 unspecified atom stereocenters. The van der Waals surface area contributed by atoms with Crippen molar-refractivity contribution in [1.82, 2.24) is 9.80 Å². The fourth-order valence-corrected chi connectivity index (χ4v) is 4.30. The molecule has 2 aliphatic heterocycles. The van der Waals surface area contributed by atoms with E-state index in [-0.39, 0.29) is 17.9 Å². The van der Waals surface area contributed by atoms with Gasteiger partial charge in [-0.25, -0.2) is 0 Å². The van der Waals surface area contributed by atoms with E-state index in [1.54, 1.807) is 7.11 Å². The lowest BCUT2D eigenvalue weighted by molar-refractivity contribution is -0.144. The van der Waals surface area contributed by atoms with Gasteiger partial charge in [0, 0.05) is 26.1 Å². The molecule has 0 radical (unpaired) electrons. The first-order valence-electron chi connectivity index (χ1n) is 10.8. The Morgan fingerprint density at radius 3 is 2.43 bits per heavy atom. The normalized spacial score (nSPS) is 20.4. The van der Waals surface area contributed by atoms with Gasteiger partial charge in [0.1, 0.15) is 11.8 Å². The van der Waals surface area contributed by atoms with Crippen LogP contribution in [0.2, 0.25) is 0 Å². The largest absolute Gasteiger partial charge is 0.497 e. The third-order valence-corrected chi connectivity index (χ3v) is 6.22. The number of piperidine rings is 1. The minimum atomic E-state index is -0.220. The maximum absolute atomic E-state index is 12.9. The Labute approximate surface area is 169 Å². The van der Waals surface area contributed by atoms with E-state index in [0.29, 0.717) is 12.3 Å². The van der Waals surface area contributed by atoms with Crippen molar-refractivity contribution in [2.45, 2.75) is 64.3 Å². The van der Waals surface area contributed by atoms with Crippen LogP contribution in [0.3, 0.4) is 0 Å². The Hall–Kier alpha value is -2.04. The molecule has 0 bridgehead atoms. The standard InChI is InChI=1S/C23H34N2O3/c1-18-13-16-24(17-14-18)23(27)21-7-5-15-25(21)22(26)8-4-3-6-19-9-11-20(28-2)12-10-19/h9-12,18,21H,3-8,13-17H2,1-2H3/t21-/m0/s1. The van der Waals surface area contributed by atoms with Gasteiger partial charge in [0.15, 0.2) is 0 Å². The molecular weight excluding hydrogens is 352 g/mol. The summed E-state index contributed by atoms with van der Waals surface area (Å²) in [6, 6.07) is 7.89. The monoisotopic (exact) mass is 386 g/mol. The lowest BCUT2D eigenvalue weighted by Crippen LogP contribution is -2.49. The minimum Gasteiger partial charge on any atom is -0.497 e. The van der Waals surface area contributed by atoms with Gasteiger partial charge in [0.25, 0.3) is 0 Å². The van der Waals surface area contributed by atoms with Crippen LogP contribution in [0.5, 0.6) is 5.75 Å². The Bertz CT molecular complexity index is 650. The Balaban J connectivity index is 1.43. The Morgan fingerprint density at radius 1 is 1.04 bits per heavy atom. The average molecular weight is 387 g/mol. The molecule has 0 N–H and O–H groups in total. The zero-order valence-electron chi connectivity index (χ0n) is 17.4. The second-order valence-electron chi connectivity index (χ2n) is 8.31. The van der Waals surface area contributed by atoms with E-state index in [1.165, 1.54) is 5.56 Å². The first-order chi connectivity index (χ1) is 13.6. The van der Waals surface area contributed by atoms with Gasteiger partial charge in [-0.15, -0.1) is 0 Å². The van der Waals surface area contributed by atoms with Crippen LogP contribution in [-0.4, -0.2) is 54.4 Å². The summed E-state index contributed by atoms with van der Waals surface area (Å²) >= 11 is 0. The summed E-state index contributed by atoms with van der Waals surface area (Å²) in [7, 11) is 1.67. The predicted octanol–water partition coefficient (Wildman–Crippen LogP) is 3.66. The van der Waals surface area contributed by atoms with E-state index in [0.717, 1.165) is 70.3 Å². The Morgan fingerprint density at radius 2 is 1.75 bits per heavy atom. The van der Waals surface area contributed by atoms with Crippen LogP contribution in [0, 0.1) is 5.92 Å². The molecule has 5 nitrogen and oxygen atoms in total. The maximum atomic E-state index is 12.9. The van der Waals surface area contributed by atoms with Gasteiger partial charge in [0.2, 0.25) is 11.8 Å². The van der Waals surface area contributed by atoms with Crippen LogP contribution >= 0.6 is 0 Å². The second kappa shape index (κ2) is 9.94. The summed E-state index contributed by atoms with van der Waals surface area (Å²) in [6.45, 7) is 4.68. The van der Waals surface area contributed by atoms with Gasteiger partial charge in [-0.1, -0.05) is 19.1 Å². The predicted molar refractivity (Wildman–Crippen MR) is 110 cm³/mol. The van der Waals surface area contributed by atoms with Crippen molar-refractivity contribution in [3.05, 3.63) is 29.8 Å². The molecule has 1 aromatic rings. The van der Waals surface area contributed by atoms with Crippen molar-refractivity contribution in [1.29, 1.82) is 0 Å². The van der Waals surface area contributed by atoms with Crippen molar-refractivity contribution in [2.24, 2.45) is 5.92 Å². The highest BCUT2D eigenvalue weighted by molar-refractivity contribution is 5.88. The topological polar surface area (TPSA) is 49.9 Å². The van der Waals surface area contributed by atoms with Crippen LogP contribution in [0.25, 0.3) is 0 Å². The third-order valence-electron chi connectivity index (χ3n) is 6.22. The molecule has 1 aromatic carbocycles. The van der Waals surface area contributed by atoms with E-state index in [1.807, 2.05) is 21.9 Å². The fraction of sp³-hybridized carbons (Fsp3) is 0.652. The van der Waals surface area contributed by atoms with E-state index >= 15 is 0 Å². The van der Waals surface area contributed by atoms with Gasteiger partial charge in [-0.3, -0.25) is 9.59 Å². The van der Waals surface area contributed by atoms with Gasteiger partial charge in [-0.05, 0) is 68.6 Å². The molecule has 0 aromatic heterocycles. The molecule has 154 valence electrons. The average Bonchev–Trinajstić information content (AvgIpc) is 3.21. The summed E-state index contributed by atoms with van der Waals surface area (Å²) in [5.41, 5.74) is 1.27. The molecule has 0 saturated carbocycles. The number of aryl methyl sites for hydroxylation is 1. The number of benzene rings is 1. The van der Waals surface area contributed by atoms with Crippen molar-refractivity contribution >= 4 is 11.8 Å². The first kappa shape index (κ1) is 20.7. The number of likely N-dealkylation sites (tertiary alicyclic amines) is 2. The zero-order chi connectivity index (χ0) is 19.9. The van der Waals surface area contributed by atoms with Crippen molar-refractivity contribution in [3.8, 4) is 5.75 Å². The molecule has 2 amide bonds. The van der Waals surface area contributed by atoms with Crippen LogP contribution in [0.1, 0.15) is 57.4 Å². The number of ether oxygens (including phenoxy) is 1. The lowest BCUT2D eigenvalue weighted by atomic mass is 9.98. The molecule has 1 atom stereocenters. The van der Waals surface area contributed by atoms with Gasteiger partial charge < -0.3 is 14.5 Å². The van der Waals surface area contributed by atoms with Crippen molar-refractivity contribution < 1.29 is 14.3 Å². The second-order valence-corrected chi connectivity index (χ2v) is 8.31. The van der Waals surface area contributed by atoms with E-state index in [9.17, 15) is 9.59 Å². The van der Waals surface area contributed by atoms with Gasteiger partial charge in [-0.2, -0.15) is 0 Å². The summed E-state index contributed by atoms with van der Waals surface area (Å²) in [5.74, 6) is 1.90. The number of nitrogens with zero attached hydrogens (tertiary/aromatic N) is 2. The lowest BCUT2D eigenvalue weighted by Gasteiger charge is -2.34. The molecule has 3 rings (SSSR count). The molecular formula is C23H34N2O3. The van der Waals surface area contributed by atoms with E-state index < -0.39 is 0 Å². The highest BCUT2D eigenvalue weighted by Gasteiger charge is 2.36. The quantitative estimate of drug-likeness (QED) is 0.672. The molecule has 0 spiro atoms. The summed E-state index contributed by atoms with van der Waals surface area (Å²) < 4.78 is 5.18. The minimum absolute atomic E-state index is 0.149.